The van der Waals surface area contributed by atoms with Gasteiger partial charge in [0.15, 0.2) is 0 Å². The number of aryl methyl sites for hydroxylation is 1. The molecule has 0 aliphatic heterocycles. The Morgan fingerprint density at radius 1 is 1.10 bits per heavy atom. The lowest BCUT2D eigenvalue weighted by Crippen LogP contribution is -2.43. The second-order valence-corrected chi connectivity index (χ2v) is 7.96. The van der Waals surface area contributed by atoms with E-state index in [1.54, 1.807) is 17.6 Å². The zero-order valence-corrected chi connectivity index (χ0v) is 17.4. The molecule has 3 aromatic rings. The fourth-order valence-electron chi connectivity index (χ4n) is 4.26. The number of nitrogens with one attached hydrogen (secondary N) is 3. The van der Waals surface area contributed by atoms with Crippen molar-refractivity contribution < 1.29 is 14.8 Å². The van der Waals surface area contributed by atoms with Gasteiger partial charge in [-0.1, -0.05) is 24.6 Å². The van der Waals surface area contributed by atoms with E-state index >= 15 is 0 Å². The fraction of sp³-hybridized carbons (Fsp3) is 0.292. The molecule has 160 valence electrons. The van der Waals surface area contributed by atoms with Crippen LogP contribution in [0, 0.1) is 12.8 Å². The highest BCUT2D eigenvalue weighted by atomic mass is 16.5. The minimum Gasteiger partial charge on any atom is -0.381 e. The Bertz CT molecular complexity index is 1100. The van der Waals surface area contributed by atoms with Crippen LogP contribution >= 0.6 is 0 Å². The van der Waals surface area contributed by atoms with E-state index in [1.807, 2.05) is 37.3 Å². The summed E-state index contributed by atoms with van der Waals surface area (Å²) in [7, 11) is 0. The molecule has 4 N–H and O–H groups in total. The van der Waals surface area contributed by atoms with Crippen molar-refractivity contribution in [3.05, 3.63) is 71.4 Å². The second-order valence-electron chi connectivity index (χ2n) is 7.96. The van der Waals surface area contributed by atoms with Crippen molar-refractivity contribution in [3.63, 3.8) is 0 Å². The third kappa shape index (κ3) is 4.67. The summed E-state index contributed by atoms with van der Waals surface area (Å²) in [6.45, 7) is 2.64. The standard InChI is InChI=1S/C24H26N4O3/c1-15-13-17(19-5-2-3-7-21(19)26-15)14-25-18-11-9-16(10-12-18)23(29)27-22-8-4-6-20(22)24(30)28-31/h2-3,5,7,9-13,20,22,25,31H,4,6,8,14H2,1H3,(H,27,29)(H,28,30). The summed E-state index contributed by atoms with van der Waals surface area (Å²) in [6, 6.07) is 17.2. The van der Waals surface area contributed by atoms with Gasteiger partial charge in [0, 0.05) is 34.9 Å². The van der Waals surface area contributed by atoms with Crippen LogP contribution in [0.4, 0.5) is 5.69 Å². The highest BCUT2D eigenvalue weighted by Crippen LogP contribution is 2.26. The van der Waals surface area contributed by atoms with Gasteiger partial charge in [-0.15, -0.1) is 0 Å². The van der Waals surface area contributed by atoms with Crippen LogP contribution in [0.15, 0.2) is 54.6 Å². The first-order chi connectivity index (χ1) is 15.0. The van der Waals surface area contributed by atoms with Crippen LogP contribution in [-0.2, 0) is 11.3 Å². The summed E-state index contributed by atoms with van der Waals surface area (Å²) in [4.78, 5) is 28.9. The van der Waals surface area contributed by atoms with E-state index in [2.05, 4.69) is 27.8 Å². The van der Waals surface area contributed by atoms with Crippen LogP contribution in [0.5, 0.6) is 0 Å². The van der Waals surface area contributed by atoms with E-state index in [0.29, 0.717) is 18.5 Å². The van der Waals surface area contributed by atoms with Crippen molar-refractivity contribution in [3.8, 4) is 0 Å². The number of amides is 2. The summed E-state index contributed by atoms with van der Waals surface area (Å²) in [5.41, 5.74) is 6.26. The lowest BCUT2D eigenvalue weighted by Gasteiger charge is -2.19. The number of hydroxylamine groups is 1. The van der Waals surface area contributed by atoms with Gasteiger partial charge in [0.05, 0.1) is 11.4 Å². The van der Waals surface area contributed by atoms with Crippen LogP contribution in [0.25, 0.3) is 10.9 Å². The number of pyridine rings is 1. The predicted octanol–water partition coefficient (Wildman–Crippen LogP) is 3.56. The van der Waals surface area contributed by atoms with Crippen LogP contribution in [0.3, 0.4) is 0 Å². The van der Waals surface area contributed by atoms with Crippen molar-refractivity contribution in [1.29, 1.82) is 0 Å². The largest absolute Gasteiger partial charge is 0.381 e. The molecule has 1 saturated carbocycles. The number of anilines is 1. The fourth-order valence-corrected chi connectivity index (χ4v) is 4.26. The van der Waals surface area contributed by atoms with Crippen molar-refractivity contribution >= 4 is 28.4 Å². The van der Waals surface area contributed by atoms with Gasteiger partial charge in [-0.25, -0.2) is 5.48 Å². The summed E-state index contributed by atoms with van der Waals surface area (Å²) >= 11 is 0. The van der Waals surface area contributed by atoms with E-state index in [-0.39, 0.29) is 11.9 Å². The highest BCUT2D eigenvalue weighted by molar-refractivity contribution is 5.95. The molecule has 0 bridgehead atoms. The second kappa shape index (κ2) is 9.14. The number of para-hydroxylation sites is 1. The molecule has 1 aliphatic rings. The molecule has 0 spiro atoms. The molecule has 2 atom stereocenters. The number of hydrogen-bond acceptors (Lipinski definition) is 5. The molecule has 2 amide bonds. The highest BCUT2D eigenvalue weighted by Gasteiger charge is 2.34. The first-order valence-corrected chi connectivity index (χ1v) is 10.5. The SMILES string of the molecule is Cc1cc(CNc2ccc(C(=O)NC3CCCC3C(=O)NO)cc2)c2ccccc2n1. The quantitative estimate of drug-likeness (QED) is 0.362. The summed E-state index contributed by atoms with van der Waals surface area (Å²) in [5, 5.41) is 16.3. The minimum atomic E-state index is -0.443. The summed E-state index contributed by atoms with van der Waals surface area (Å²) in [5.74, 6) is -1.06. The molecule has 2 aromatic carbocycles. The number of rotatable bonds is 6. The molecular weight excluding hydrogens is 392 g/mol. The summed E-state index contributed by atoms with van der Waals surface area (Å²) < 4.78 is 0. The average molecular weight is 418 g/mol. The van der Waals surface area contributed by atoms with E-state index in [4.69, 9.17) is 5.21 Å². The van der Waals surface area contributed by atoms with Gasteiger partial charge in [0.2, 0.25) is 5.91 Å². The molecule has 1 aromatic heterocycles. The van der Waals surface area contributed by atoms with Gasteiger partial charge >= 0.3 is 0 Å². The Balaban J connectivity index is 1.40. The maximum atomic E-state index is 12.6. The van der Waals surface area contributed by atoms with Gasteiger partial charge in [-0.05, 0) is 61.7 Å². The number of hydrogen-bond donors (Lipinski definition) is 4. The van der Waals surface area contributed by atoms with Gasteiger partial charge < -0.3 is 10.6 Å². The third-order valence-corrected chi connectivity index (χ3v) is 5.84. The maximum absolute atomic E-state index is 12.6. The molecule has 0 saturated heterocycles. The number of nitrogens with zero attached hydrogens (tertiary/aromatic N) is 1. The van der Waals surface area contributed by atoms with Crippen molar-refractivity contribution in [1.82, 2.24) is 15.8 Å². The third-order valence-electron chi connectivity index (χ3n) is 5.84. The van der Waals surface area contributed by atoms with E-state index in [9.17, 15) is 9.59 Å². The molecule has 1 heterocycles. The van der Waals surface area contributed by atoms with Crippen molar-refractivity contribution in [2.45, 2.75) is 38.8 Å². The zero-order valence-electron chi connectivity index (χ0n) is 17.4. The number of aromatic nitrogens is 1. The number of carbonyl (C=O) groups is 2. The predicted molar refractivity (Wildman–Crippen MR) is 119 cm³/mol. The Labute approximate surface area is 180 Å². The molecule has 1 aliphatic carbocycles. The lowest BCUT2D eigenvalue weighted by atomic mass is 10.0. The smallest absolute Gasteiger partial charge is 0.251 e. The van der Waals surface area contributed by atoms with Crippen LogP contribution in [0.2, 0.25) is 0 Å². The van der Waals surface area contributed by atoms with Gasteiger partial charge in [-0.2, -0.15) is 0 Å². The van der Waals surface area contributed by atoms with Gasteiger partial charge in [-0.3, -0.25) is 19.8 Å². The molecule has 31 heavy (non-hydrogen) atoms. The van der Waals surface area contributed by atoms with Crippen LogP contribution in [-0.4, -0.2) is 28.0 Å². The maximum Gasteiger partial charge on any atom is 0.251 e. The summed E-state index contributed by atoms with van der Waals surface area (Å²) in [6.07, 6.45) is 2.22. The van der Waals surface area contributed by atoms with Crippen LogP contribution in [0.1, 0.15) is 40.9 Å². The molecular formula is C24H26N4O3. The van der Waals surface area contributed by atoms with Crippen molar-refractivity contribution in [2.24, 2.45) is 5.92 Å². The van der Waals surface area contributed by atoms with E-state index < -0.39 is 11.8 Å². The van der Waals surface area contributed by atoms with Gasteiger partial charge in [0.1, 0.15) is 0 Å². The van der Waals surface area contributed by atoms with Crippen molar-refractivity contribution in [2.75, 3.05) is 5.32 Å². The Hall–Kier alpha value is -3.45. The Morgan fingerprint density at radius 3 is 2.65 bits per heavy atom. The van der Waals surface area contributed by atoms with E-state index in [0.717, 1.165) is 35.1 Å². The minimum absolute atomic E-state index is 0.218. The zero-order chi connectivity index (χ0) is 21.8. The number of benzene rings is 2. The molecule has 7 heteroatoms. The molecule has 0 radical (unpaired) electrons. The first kappa shape index (κ1) is 20.8. The molecule has 1 fully saturated rings. The van der Waals surface area contributed by atoms with Gasteiger partial charge in [0.25, 0.3) is 5.91 Å². The Morgan fingerprint density at radius 2 is 1.87 bits per heavy atom. The average Bonchev–Trinajstić information content (AvgIpc) is 3.25. The number of carbonyl (C=O) groups excluding carboxylic acids is 2. The monoisotopic (exact) mass is 418 g/mol. The molecule has 4 rings (SSSR count). The topological polar surface area (TPSA) is 103 Å². The Kier molecular flexibility index (Phi) is 6.13. The molecule has 7 nitrogen and oxygen atoms in total. The first-order valence-electron chi connectivity index (χ1n) is 10.5. The number of fused-ring (bicyclic) bond motifs is 1. The van der Waals surface area contributed by atoms with E-state index in [1.165, 1.54) is 5.56 Å². The normalized spacial score (nSPS) is 18.0. The lowest BCUT2D eigenvalue weighted by molar-refractivity contribution is -0.133. The molecule has 2 unspecified atom stereocenters. The van der Waals surface area contributed by atoms with Crippen LogP contribution < -0.4 is 16.1 Å².